The molecular formula is C10H9BrN4OS. The summed E-state index contributed by atoms with van der Waals surface area (Å²) in [7, 11) is 0. The Morgan fingerprint density at radius 3 is 2.94 bits per heavy atom. The van der Waals surface area contributed by atoms with Crippen LogP contribution in [0.1, 0.15) is 15.4 Å². The van der Waals surface area contributed by atoms with Gasteiger partial charge in [-0.3, -0.25) is 4.79 Å². The SMILES string of the molecule is Cc1nc(N)sc1C(=O)Nc1ncccc1Br. The minimum absolute atomic E-state index is 0.254. The Labute approximate surface area is 110 Å². The Balaban J connectivity index is 2.23. The van der Waals surface area contributed by atoms with E-state index in [-0.39, 0.29) is 5.91 Å². The summed E-state index contributed by atoms with van der Waals surface area (Å²) in [6.45, 7) is 1.75. The number of halogens is 1. The molecule has 0 saturated heterocycles. The zero-order valence-corrected chi connectivity index (χ0v) is 11.3. The van der Waals surface area contributed by atoms with Crippen molar-refractivity contribution in [3.8, 4) is 0 Å². The van der Waals surface area contributed by atoms with Crippen LogP contribution in [0.25, 0.3) is 0 Å². The summed E-state index contributed by atoms with van der Waals surface area (Å²) >= 11 is 4.47. The molecule has 0 fully saturated rings. The molecule has 0 spiro atoms. The highest BCUT2D eigenvalue weighted by atomic mass is 79.9. The van der Waals surface area contributed by atoms with E-state index < -0.39 is 0 Å². The molecule has 0 radical (unpaired) electrons. The van der Waals surface area contributed by atoms with Crippen molar-refractivity contribution in [1.82, 2.24) is 9.97 Å². The molecule has 0 aliphatic heterocycles. The number of thiazole rings is 1. The van der Waals surface area contributed by atoms with Gasteiger partial charge in [-0.1, -0.05) is 11.3 Å². The summed E-state index contributed by atoms with van der Waals surface area (Å²) in [6, 6.07) is 3.58. The van der Waals surface area contributed by atoms with Crippen LogP contribution in [0.5, 0.6) is 0 Å². The molecule has 3 N–H and O–H groups in total. The van der Waals surface area contributed by atoms with Gasteiger partial charge < -0.3 is 11.1 Å². The number of anilines is 2. The third-order valence-corrected chi connectivity index (χ3v) is 3.64. The predicted octanol–water partition coefficient (Wildman–Crippen LogP) is 2.44. The quantitative estimate of drug-likeness (QED) is 0.892. The smallest absolute Gasteiger partial charge is 0.268 e. The van der Waals surface area contributed by atoms with E-state index in [4.69, 9.17) is 5.73 Å². The molecular weight excluding hydrogens is 304 g/mol. The molecule has 2 rings (SSSR count). The van der Waals surface area contributed by atoms with Crippen LogP contribution in [0.3, 0.4) is 0 Å². The second-order valence-corrected chi connectivity index (χ2v) is 5.14. The van der Waals surface area contributed by atoms with E-state index >= 15 is 0 Å². The predicted molar refractivity (Wildman–Crippen MR) is 71.2 cm³/mol. The number of nitrogens with zero attached hydrogens (tertiary/aromatic N) is 2. The van der Waals surface area contributed by atoms with Gasteiger partial charge in [-0.2, -0.15) is 0 Å². The highest BCUT2D eigenvalue weighted by Crippen LogP contribution is 2.23. The summed E-state index contributed by atoms with van der Waals surface area (Å²) in [5.74, 6) is 0.222. The summed E-state index contributed by atoms with van der Waals surface area (Å²) in [5.41, 5.74) is 6.17. The van der Waals surface area contributed by atoms with Crippen LogP contribution in [0.15, 0.2) is 22.8 Å². The van der Waals surface area contributed by atoms with E-state index in [9.17, 15) is 4.79 Å². The number of nitrogen functional groups attached to an aromatic ring is 1. The average Bonchev–Trinajstić information content (AvgIpc) is 2.61. The van der Waals surface area contributed by atoms with Gasteiger partial charge in [0.15, 0.2) is 5.13 Å². The first-order chi connectivity index (χ1) is 8.08. The van der Waals surface area contributed by atoms with Crippen LogP contribution in [0.2, 0.25) is 0 Å². The number of pyridine rings is 1. The minimum atomic E-state index is -0.254. The van der Waals surface area contributed by atoms with Crippen LogP contribution in [-0.4, -0.2) is 15.9 Å². The molecule has 2 aromatic heterocycles. The van der Waals surface area contributed by atoms with E-state index in [0.717, 1.165) is 15.8 Å². The normalized spacial score (nSPS) is 10.2. The number of amides is 1. The van der Waals surface area contributed by atoms with Crippen molar-refractivity contribution in [1.29, 1.82) is 0 Å². The fourth-order valence-electron chi connectivity index (χ4n) is 1.27. The number of hydrogen-bond acceptors (Lipinski definition) is 5. The maximum atomic E-state index is 11.9. The number of aromatic nitrogens is 2. The first-order valence-corrected chi connectivity index (χ1v) is 6.33. The van der Waals surface area contributed by atoms with E-state index in [1.807, 2.05) is 0 Å². The second kappa shape index (κ2) is 4.80. The molecule has 0 unspecified atom stereocenters. The van der Waals surface area contributed by atoms with Gasteiger partial charge >= 0.3 is 0 Å². The molecule has 0 aliphatic rings. The van der Waals surface area contributed by atoms with Gasteiger partial charge in [-0.25, -0.2) is 9.97 Å². The largest absolute Gasteiger partial charge is 0.375 e. The first kappa shape index (κ1) is 12.0. The van der Waals surface area contributed by atoms with Crippen molar-refractivity contribution in [2.75, 3.05) is 11.1 Å². The average molecular weight is 313 g/mol. The highest BCUT2D eigenvalue weighted by Gasteiger charge is 2.15. The number of rotatable bonds is 2. The molecule has 0 saturated carbocycles. The van der Waals surface area contributed by atoms with E-state index in [1.165, 1.54) is 0 Å². The lowest BCUT2D eigenvalue weighted by Crippen LogP contribution is -2.13. The standard InChI is InChI=1S/C10H9BrN4OS/c1-5-7(17-10(12)14-5)9(16)15-8-6(11)3-2-4-13-8/h2-4H,1H3,(H2,12,14)(H,13,15,16). The number of carbonyl (C=O) groups is 1. The number of nitrogens with two attached hydrogens (primary N) is 1. The Kier molecular flexibility index (Phi) is 3.39. The lowest BCUT2D eigenvalue weighted by atomic mass is 10.3. The van der Waals surface area contributed by atoms with Crippen molar-refractivity contribution in [2.45, 2.75) is 6.92 Å². The third kappa shape index (κ3) is 2.62. The molecule has 0 aromatic carbocycles. The molecule has 2 heterocycles. The fraction of sp³-hybridized carbons (Fsp3) is 0.100. The van der Waals surface area contributed by atoms with Gasteiger partial charge in [0.25, 0.3) is 5.91 Å². The van der Waals surface area contributed by atoms with Crippen LogP contribution in [0, 0.1) is 6.92 Å². The highest BCUT2D eigenvalue weighted by molar-refractivity contribution is 9.10. The fourth-order valence-corrected chi connectivity index (χ4v) is 2.35. The second-order valence-electron chi connectivity index (χ2n) is 3.25. The maximum absolute atomic E-state index is 11.9. The van der Waals surface area contributed by atoms with Crippen LogP contribution >= 0.6 is 27.3 Å². The number of carbonyl (C=O) groups excluding carboxylic acids is 1. The van der Waals surface area contributed by atoms with E-state index in [0.29, 0.717) is 21.5 Å². The van der Waals surface area contributed by atoms with E-state index in [1.54, 1.807) is 25.3 Å². The number of nitrogens with one attached hydrogen (secondary N) is 1. The summed E-state index contributed by atoms with van der Waals surface area (Å²) < 4.78 is 0.725. The van der Waals surface area contributed by atoms with Crippen molar-refractivity contribution >= 4 is 44.1 Å². The van der Waals surface area contributed by atoms with Crippen molar-refractivity contribution < 1.29 is 4.79 Å². The summed E-state index contributed by atoms with van der Waals surface area (Å²) in [6.07, 6.45) is 1.61. The van der Waals surface area contributed by atoms with Gasteiger partial charge in [-0.05, 0) is 35.0 Å². The molecule has 5 nitrogen and oxygen atoms in total. The molecule has 0 aliphatic carbocycles. The van der Waals surface area contributed by atoms with Crippen molar-refractivity contribution in [3.05, 3.63) is 33.4 Å². The molecule has 0 atom stereocenters. The lowest BCUT2D eigenvalue weighted by molar-refractivity contribution is 0.102. The van der Waals surface area contributed by atoms with Gasteiger partial charge in [0.1, 0.15) is 10.7 Å². The summed E-state index contributed by atoms with van der Waals surface area (Å²) in [4.78, 5) is 20.5. The third-order valence-electron chi connectivity index (χ3n) is 2.01. The molecule has 2 aromatic rings. The van der Waals surface area contributed by atoms with Gasteiger partial charge in [0.05, 0.1) is 10.2 Å². The van der Waals surface area contributed by atoms with Gasteiger partial charge in [-0.15, -0.1) is 0 Å². The Hall–Kier alpha value is -1.47. The lowest BCUT2D eigenvalue weighted by Gasteiger charge is -2.04. The minimum Gasteiger partial charge on any atom is -0.375 e. The molecule has 1 amide bonds. The molecule has 7 heteroatoms. The molecule has 0 bridgehead atoms. The number of aryl methyl sites for hydroxylation is 1. The van der Waals surface area contributed by atoms with Crippen molar-refractivity contribution in [3.63, 3.8) is 0 Å². The summed E-state index contributed by atoms with van der Waals surface area (Å²) in [5, 5.41) is 3.08. The van der Waals surface area contributed by atoms with Gasteiger partial charge in [0.2, 0.25) is 0 Å². The monoisotopic (exact) mass is 312 g/mol. The maximum Gasteiger partial charge on any atom is 0.268 e. The Bertz CT molecular complexity index is 569. The molecule has 88 valence electrons. The Morgan fingerprint density at radius 1 is 1.59 bits per heavy atom. The zero-order chi connectivity index (χ0) is 12.4. The topological polar surface area (TPSA) is 80.9 Å². The van der Waals surface area contributed by atoms with E-state index in [2.05, 4.69) is 31.2 Å². The first-order valence-electron chi connectivity index (χ1n) is 4.72. The zero-order valence-electron chi connectivity index (χ0n) is 8.90. The van der Waals surface area contributed by atoms with Crippen LogP contribution in [-0.2, 0) is 0 Å². The van der Waals surface area contributed by atoms with Crippen molar-refractivity contribution in [2.24, 2.45) is 0 Å². The number of hydrogen-bond donors (Lipinski definition) is 2. The molecule has 17 heavy (non-hydrogen) atoms. The van der Waals surface area contributed by atoms with Crippen LogP contribution < -0.4 is 11.1 Å². The van der Waals surface area contributed by atoms with Crippen LogP contribution in [0.4, 0.5) is 10.9 Å². The van der Waals surface area contributed by atoms with Gasteiger partial charge in [0, 0.05) is 6.20 Å². The Morgan fingerprint density at radius 2 is 2.35 bits per heavy atom.